The molecule has 8 heteroatoms. The zero-order valence-corrected chi connectivity index (χ0v) is 18.1. The van der Waals surface area contributed by atoms with E-state index in [9.17, 15) is 0 Å². The summed E-state index contributed by atoms with van der Waals surface area (Å²) in [6.07, 6.45) is 5.10. The SMILES string of the molecule is COC1(COC(C)c2ccc(-c3nccs3)c3oc(N4CC5CC(C4)N5)nc23)CC1. The Kier molecular flexibility index (Phi) is 4.38. The molecule has 1 aromatic carbocycles. The molecule has 3 saturated heterocycles. The molecule has 4 aliphatic rings. The molecular weight excluding hydrogens is 400 g/mol. The van der Waals surface area contributed by atoms with Gasteiger partial charge in [0, 0.05) is 49.4 Å². The van der Waals surface area contributed by atoms with Gasteiger partial charge >= 0.3 is 0 Å². The summed E-state index contributed by atoms with van der Waals surface area (Å²) < 4.78 is 18.2. The van der Waals surface area contributed by atoms with Crippen LogP contribution in [-0.2, 0) is 9.47 Å². The quantitative estimate of drug-likeness (QED) is 0.617. The first kappa shape index (κ1) is 18.7. The van der Waals surface area contributed by atoms with Crippen LogP contribution in [0, 0.1) is 0 Å². The molecule has 30 heavy (non-hydrogen) atoms. The predicted octanol–water partition coefficient (Wildman–Crippen LogP) is 3.76. The van der Waals surface area contributed by atoms with E-state index in [1.165, 1.54) is 6.42 Å². The number of nitrogens with one attached hydrogen (secondary N) is 1. The van der Waals surface area contributed by atoms with Gasteiger partial charge in [-0.25, -0.2) is 4.98 Å². The highest BCUT2D eigenvalue weighted by Crippen LogP contribution is 2.42. The van der Waals surface area contributed by atoms with Gasteiger partial charge in [-0.05, 0) is 32.3 Å². The second kappa shape index (κ2) is 7.02. The topological polar surface area (TPSA) is 72.7 Å². The van der Waals surface area contributed by atoms with Gasteiger partial charge in [0.2, 0.25) is 0 Å². The van der Waals surface area contributed by atoms with Gasteiger partial charge < -0.3 is 24.1 Å². The van der Waals surface area contributed by atoms with E-state index in [-0.39, 0.29) is 11.7 Å². The Balaban J connectivity index is 1.36. The van der Waals surface area contributed by atoms with Crippen LogP contribution in [0.5, 0.6) is 0 Å². The number of nitrogens with zero attached hydrogens (tertiary/aromatic N) is 3. The van der Waals surface area contributed by atoms with Gasteiger partial charge in [0.1, 0.15) is 10.5 Å². The highest BCUT2D eigenvalue weighted by atomic mass is 32.1. The van der Waals surface area contributed by atoms with Crippen molar-refractivity contribution in [1.29, 1.82) is 0 Å². The maximum absolute atomic E-state index is 6.37. The van der Waals surface area contributed by atoms with E-state index in [1.807, 2.05) is 11.6 Å². The van der Waals surface area contributed by atoms with Crippen LogP contribution in [0.4, 0.5) is 6.01 Å². The molecule has 2 bridgehead atoms. The Morgan fingerprint density at radius 2 is 2.13 bits per heavy atom. The van der Waals surface area contributed by atoms with Crippen molar-refractivity contribution in [2.24, 2.45) is 0 Å². The predicted molar refractivity (Wildman–Crippen MR) is 116 cm³/mol. The first-order chi connectivity index (χ1) is 14.6. The van der Waals surface area contributed by atoms with E-state index in [0.717, 1.165) is 53.2 Å². The summed E-state index contributed by atoms with van der Waals surface area (Å²) in [5, 5.41) is 6.50. The number of thiazole rings is 1. The minimum Gasteiger partial charge on any atom is -0.423 e. The molecule has 3 atom stereocenters. The van der Waals surface area contributed by atoms with Crippen molar-refractivity contribution in [2.75, 3.05) is 31.7 Å². The average Bonchev–Trinajstić information content (AvgIpc) is 3.14. The lowest BCUT2D eigenvalue weighted by Gasteiger charge is -2.47. The third-order valence-corrected chi connectivity index (χ3v) is 7.50. The summed E-state index contributed by atoms with van der Waals surface area (Å²) in [6, 6.07) is 5.99. The normalized spacial score (nSPS) is 25.3. The first-order valence-corrected chi connectivity index (χ1v) is 11.5. The number of rotatable bonds is 7. The van der Waals surface area contributed by atoms with Gasteiger partial charge in [-0.1, -0.05) is 6.07 Å². The number of anilines is 1. The van der Waals surface area contributed by atoms with Crippen molar-refractivity contribution in [3.63, 3.8) is 0 Å². The molecule has 1 saturated carbocycles. The number of methoxy groups -OCH3 is 1. The van der Waals surface area contributed by atoms with Crippen LogP contribution in [0.15, 0.2) is 28.1 Å². The van der Waals surface area contributed by atoms with Crippen LogP contribution in [0.3, 0.4) is 0 Å². The van der Waals surface area contributed by atoms with Gasteiger partial charge in [-0.3, -0.25) is 0 Å². The Morgan fingerprint density at radius 1 is 1.33 bits per heavy atom. The molecule has 1 aliphatic carbocycles. The van der Waals surface area contributed by atoms with E-state index < -0.39 is 0 Å². The Bertz CT molecular complexity index is 1050. The van der Waals surface area contributed by atoms with Crippen LogP contribution in [0.1, 0.15) is 37.9 Å². The van der Waals surface area contributed by atoms with Crippen molar-refractivity contribution in [3.05, 3.63) is 29.3 Å². The highest BCUT2D eigenvalue weighted by molar-refractivity contribution is 7.13. The molecule has 7 nitrogen and oxygen atoms in total. The standard InChI is InChI=1S/C22H26N4O3S/c1-13(28-12-22(27-2)5-6-22)16-3-4-17(20-23-7-8-30-20)19-18(16)25-21(29-19)26-10-14-9-15(11-26)24-14/h3-4,7-8,13-15,24H,5-6,9-12H2,1-2H3. The van der Waals surface area contributed by atoms with Crippen molar-refractivity contribution in [3.8, 4) is 10.6 Å². The second-order valence-electron chi connectivity index (χ2n) is 8.76. The monoisotopic (exact) mass is 426 g/mol. The molecule has 3 aromatic rings. The average molecular weight is 427 g/mol. The van der Waals surface area contributed by atoms with Gasteiger partial charge in [-0.2, -0.15) is 4.98 Å². The minimum absolute atomic E-state index is 0.0922. The summed E-state index contributed by atoms with van der Waals surface area (Å²) in [4.78, 5) is 11.7. The highest BCUT2D eigenvalue weighted by Gasteiger charge is 2.44. The summed E-state index contributed by atoms with van der Waals surface area (Å²) in [5.74, 6) is 0. The maximum atomic E-state index is 6.37. The molecule has 1 N–H and O–H groups in total. The van der Waals surface area contributed by atoms with Crippen molar-refractivity contribution in [2.45, 2.75) is 50.0 Å². The van der Waals surface area contributed by atoms with E-state index in [2.05, 4.69) is 34.3 Å². The van der Waals surface area contributed by atoms with Crippen LogP contribution in [0.25, 0.3) is 21.7 Å². The van der Waals surface area contributed by atoms with Crippen molar-refractivity contribution < 1.29 is 13.9 Å². The van der Waals surface area contributed by atoms with Gasteiger partial charge in [0.05, 0.1) is 23.9 Å². The Labute approximate surface area is 179 Å². The van der Waals surface area contributed by atoms with E-state index in [0.29, 0.717) is 24.7 Å². The number of piperidine rings is 1. The number of oxazole rings is 1. The largest absolute Gasteiger partial charge is 0.423 e. The van der Waals surface area contributed by atoms with E-state index in [1.54, 1.807) is 18.4 Å². The number of benzene rings is 1. The van der Waals surface area contributed by atoms with Gasteiger partial charge in [-0.15, -0.1) is 11.3 Å². The minimum atomic E-state index is -0.0974. The molecule has 3 aliphatic heterocycles. The summed E-state index contributed by atoms with van der Waals surface area (Å²) >= 11 is 1.61. The number of piperazine rings is 1. The molecule has 0 amide bonds. The van der Waals surface area contributed by atoms with Crippen LogP contribution in [-0.4, -0.2) is 54.5 Å². The molecule has 0 spiro atoms. The third kappa shape index (κ3) is 3.13. The molecule has 4 fully saturated rings. The maximum Gasteiger partial charge on any atom is 0.298 e. The fourth-order valence-corrected chi connectivity index (χ4v) is 5.25. The zero-order chi connectivity index (χ0) is 20.3. The molecule has 0 radical (unpaired) electrons. The first-order valence-electron chi connectivity index (χ1n) is 10.7. The number of hydrogen-bond acceptors (Lipinski definition) is 8. The Hall–Kier alpha value is -2.00. The lowest BCUT2D eigenvalue weighted by atomic mass is 9.92. The molecule has 5 heterocycles. The molecule has 2 aromatic heterocycles. The summed E-state index contributed by atoms with van der Waals surface area (Å²) in [7, 11) is 1.77. The summed E-state index contributed by atoms with van der Waals surface area (Å²) in [5.41, 5.74) is 3.62. The third-order valence-electron chi connectivity index (χ3n) is 6.69. The smallest absolute Gasteiger partial charge is 0.298 e. The molecule has 3 unspecified atom stereocenters. The number of fused-ring (bicyclic) bond motifs is 3. The van der Waals surface area contributed by atoms with E-state index in [4.69, 9.17) is 18.9 Å². The molecule has 158 valence electrons. The number of hydrogen-bond donors (Lipinski definition) is 1. The Morgan fingerprint density at radius 3 is 2.80 bits per heavy atom. The van der Waals surface area contributed by atoms with Crippen molar-refractivity contribution >= 4 is 28.5 Å². The molecular formula is C22H26N4O3S. The van der Waals surface area contributed by atoms with Crippen LogP contribution >= 0.6 is 11.3 Å². The second-order valence-corrected chi connectivity index (χ2v) is 9.65. The zero-order valence-electron chi connectivity index (χ0n) is 17.3. The van der Waals surface area contributed by atoms with E-state index >= 15 is 0 Å². The lowest BCUT2D eigenvalue weighted by molar-refractivity contribution is -0.0363. The fourth-order valence-electron chi connectivity index (χ4n) is 4.59. The van der Waals surface area contributed by atoms with Crippen molar-refractivity contribution in [1.82, 2.24) is 15.3 Å². The fraction of sp³-hybridized carbons (Fsp3) is 0.545. The number of ether oxygens (including phenoxy) is 2. The number of aromatic nitrogens is 2. The van der Waals surface area contributed by atoms with Crippen LogP contribution < -0.4 is 10.2 Å². The molecule has 7 rings (SSSR count). The van der Waals surface area contributed by atoms with Gasteiger partial charge in [0.25, 0.3) is 6.01 Å². The summed E-state index contributed by atoms with van der Waals surface area (Å²) in [6.45, 7) is 4.56. The lowest BCUT2D eigenvalue weighted by Crippen LogP contribution is -2.67. The van der Waals surface area contributed by atoms with Crippen LogP contribution in [0.2, 0.25) is 0 Å². The van der Waals surface area contributed by atoms with Gasteiger partial charge in [0.15, 0.2) is 5.58 Å².